The summed E-state index contributed by atoms with van der Waals surface area (Å²) in [5.41, 5.74) is 0. The van der Waals surface area contributed by atoms with Crippen molar-refractivity contribution in [1.29, 1.82) is 0 Å². The third-order valence-electron chi connectivity index (χ3n) is 2.20. The summed E-state index contributed by atoms with van der Waals surface area (Å²) in [4.78, 5) is 19.5. The Kier molecular flexibility index (Phi) is 13.9. The van der Waals surface area contributed by atoms with Gasteiger partial charge in [-0.15, -0.1) is 0 Å². The highest BCUT2D eigenvalue weighted by molar-refractivity contribution is 5.66. The smallest absolute Gasteiger partial charge is 0.303 e. The van der Waals surface area contributed by atoms with Gasteiger partial charge in [-0.2, -0.15) is 0 Å². The predicted octanol–water partition coefficient (Wildman–Crippen LogP) is 2.13. The summed E-state index contributed by atoms with van der Waals surface area (Å²) in [7, 11) is 0. The molecule has 1 unspecified atom stereocenters. The molecule has 0 amide bonds. The number of hydrogen-bond donors (Lipinski definition) is 3. The minimum Gasteiger partial charge on any atom is -0.481 e. The number of aliphatic carboxylic acids is 2. The summed E-state index contributed by atoms with van der Waals surface area (Å²) >= 11 is 0. The standard InChI is InChI=1S/C9H18O3.C3H6O2/c1-8(7-10)5-3-2-4-6-9(11)12;1-2-3(4)5/h8,10H,2-7H2,1H3,(H,11,12);2H2,1H3,(H,4,5). The fourth-order valence-electron chi connectivity index (χ4n) is 1.04. The quantitative estimate of drug-likeness (QED) is 0.572. The Morgan fingerprint density at radius 1 is 1.06 bits per heavy atom. The van der Waals surface area contributed by atoms with E-state index in [2.05, 4.69) is 0 Å². The van der Waals surface area contributed by atoms with Crippen LogP contribution in [0.1, 0.15) is 52.4 Å². The van der Waals surface area contributed by atoms with Gasteiger partial charge in [0.15, 0.2) is 0 Å². The summed E-state index contributed by atoms with van der Waals surface area (Å²) in [6.45, 7) is 3.83. The van der Waals surface area contributed by atoms with Gasteiger partial charge in [-0.05, 0) is 18.8 Å². The third kappa shape index (κ3) is 20.9. The SMILES string of the molecule is CC(CO)CCCCCC(=O)O.CCC(=O)O. The second-order valence-corrected chi connectivity index (χ2v) is 4.03. The minimum atomic E-state index is -0.745. The lowest BCUT2D eigenvalue weighted by Crippen LogP contribution is -2.00. The van der Waals surface area contributed by atoms with Crippen LogP contribution >= 0.6 is 0 Å². The molecule has 0 fully saturated rings. The molecule has 0 aliphatic heterocycles. The number of aliphatic hydroxyl groups is 1. The number of carboxylic acids is 2. The van der Waals surface area contributed by atoms with E-state index in [4.69, 9.17) is 15.3 Å². The number of carboxylic acid groups (broad SMARTS) is 2. The average Bonchev–Trinajstić information content (AvgIpc) is 2.28. The molecule has 0 radical (unpaired) electrons. The molecule has 3 N–H and O–H groups in total. The van der Waals surface area contributed by atoms with Gasteiger partial charge >= 0.3 is 11.9 Å². The van der Waals surface area contributed by atoms with E-state index in [1.807, 2.05) is 6.92 Å². The van der Waals surface area contributed by atoms with Gasteiger partial charge in [-0.3, -0.25) is 9.59 Å². The van der Waals surface area contributed by atoms with Crippen molar-refractivity contribution < 1.29 is 24.9 Å². The molecule has 0 aliphatic rings. The molecule has 17 heavy (non-hydrogen) atoms. The maximum Gasteiger partial charge on any atom is 0.303 e. The Morgan fingerprint density at radius 2 is 1.59 bits per heavy atom. The lowest BCUT2D eigenvalue weighted by Gasteiger charge is -2.05. The highest BCUT2D eigenvalue weighted by atomic mass is 16.4. The maximum atomic E-state index is 10.1. The molecule has 0 aromatic rings. The first kappa shape index (κ1) is 18.3. The molecule has 0 heterocycles. The van der Waals surface area contributed by atoms with Gasteiger partial charge in [0.05, 0.1) is 0 Å². The molecule has 0 aromatic carbocycles. The molecule has 5 nitrogen and oxygen atoms in total. The fraction of sp³-hybridized carbons (Fsp3) is 0.833. The topological polar surface area (TPSA) is 94.8 Å². The van der Waals surface area contributed by atoms with Crippen LogP contribution in [0.15, 0.2) is 0 Å². The largest absolute Gasteiger partial charge is 0.481 e. The van der Waals surface area contributed by atoms with Gasteiger partial charge in [0.25, 0.3) is 0 Å². The number of hydrogen-bond acceptors (Lipinski definition) is 3. The van der Waals surface area contributed by atoms with E-state index >= 15 is 0 Å². The Labute approximate surface area is 102 Å². The molecule has 0 spiro atoms. The molecule has 1 atom stereocenters. The lowest BCUT2D eigenvalue weighted by atomic mass is 10.0. The third-order valence-corrected chi connectivity index (χ3v) is 2.20. The van der Waals surface area contributed by atoms with E-state index in [0.29, 0.717) is 5.92 Å². The van der Waals surface area contributed by atoms with Gasteiger partial charge in [0, 0.05) is 19.4 Å². The zero-order valence-electron chi connectivity index (χ0n) is 10.7. The van der Waals surface area contributed by atoms with Crippen LogP contribution in [-0.4, -0.2) is 33.9 Å². The van der Waals surface area contributed by atoms with Crippen molar-refractivity contribution in [3.63, 3.8) is 0 Å². The monoisotopic (exact) mass is 248 g/mol. The molecule has 0 aromatic heterocycles. The van der Waals surface area contributed by atoms with Crippen molar-refractivity contribution in [3.8, 4) is 0 Å². The maximum absolute atomic E-state index is 10.1. The van der Waals surface area contributed by atoms with Gasteiger partial charge in [-0.25, -0.2) is 0 Å². The summed E-state index contributed by atoms with van der Waals surface area (Å²) in [5.74, 6) is -1.11. The number of carbonyl (C=O) groups is 2. The fourth-order valence-corrected chi connectivity index (χ4v) is 1.04. The van der Waals surface area contributed by atoms with Crippen LogP contribution in [0.3, 0.4) is 0 Å². The molecule has 102 valence electrons. The zero-order chi connectivity index (χ0) is 13.7. The van der Waals surface area contributed by atoms with Crippen molar-refractivity contribution >= 4 is 11.9 Å². The second-order valence-electron chi connectivity index (χ2n) is 4.03. The summed E-state index contributed by atoms with van der Waals surface area (Å²) in [6.07, 6.45) is 4.22. The normalized spacial score (nSPS) is 11.2. The van der Waals surface area contributed by atoms with Crippen LogP contribution in [0, 0.1) is 5.92 Å². The Morgan fingerprint density at radius 3 is 1.94 bits per heavy atom. The highest BCUT2D eigenvalue weighted by Crippen LogP contribution is 2.09. The first-order valence-electron chi connectivity index (χ1n) is 5.98. The number of unbranched alkanes of at least 4 members (excludes halogenated alkanes) is 2. The van der Waals surface area contributed by atoms with Crippen LogP contribution < -0.4 is 0 Å². The first-order chi connectivity index (χ1) is 7.93. The average molecular weight is 248 g/mol. The van der Waals surface area contributed by atoms with E-state index < -0.39 is 11.9 Å². The number of aliphatic hydroxyl groups excluding tert-OH is 1. The van der Waals surface area contributed by atoms with Crippen LogP contribution in [0.5, 0.6) is 0 Å². The summed E-state index contributed by atoms with van der Waals surface area (Å²) in [6, 6.07) is 0. The van der Waals surface area contributed by atoms with Crippen LogP contribution in [0.2, 0.25) is 0 Å². The first-order valence-corrected chi connectivity index (χ1v) is 5.98. The molecule has 0 bridgehead atoms. The molecule has 0 aliphatic carbocycles. The zero-order valence-corrected chi connectivity index (χ0v) is 10.7. The van der Waals surface area contributed by atoms with Gasteiger partial charge in [0.2, 0.25) is 0 Å². The van der Waals surface area contributed by atoms with Crippen molar-refractivity contribution in [2.24, 2.45) is 5.92 Å². The van der Waals surface area contributed by atoms with Crippen molar-refractivity contribution in [2.45, 2.75) is 52.4 Å². The van der Waals surface area contributed by atoms with Crippen molar-refractivity contribution in [1.82, 2.24) is 0 Å². The summed E-state index contributed by atoms with van der Waals surface area (Å²) in [5, 5.41) is 24.7. The van der Waals surface area contributed by atoms with Gasteiger partial charge < -0.3 is 15.3 Å². The predicted molar refractivity (Wildman–Crippen MR) is 64.9 cm³/mol. The Balaban J connectivity index is 0. The van der Waals surface area contributed by atoms with E-state index in [9.17, 15) is 9.59 Å². The van der Waals surface area contributed by atoms with Crippen molar-refractivity contribution in [2.75, 3.05) is 6.61 Å². The van der Waals surface area contributed by atoms with Crippen LogP contribution in [-0.2, 0) is 9.59 Å². The van der Waals surface area contributed by atoms with E-state index in [1.165, 1.54) is 0 Å². The van der Waals surface area contributed by atoms with E-state index in [0.717, 1.165) is 25.7 Å². The Hall–Kier alpha value is -1.10. The van der Waals surface area contributed by atoms with E-state index in [-0.39, 0.29) is 19.4 Å². The second kappa shape index (κ2) is 13.0. The molecule has 5 heteroatoms. The molecule has 0 saturated heterocycles. The van der Waals surface area contributed by atoms with Gasteiger partial charge in [0.1, 0.15) is 0 Å². The van der Waals surface area contributed by atoms with Crippen LogP contribution in [0.4, 0.5) is 0 Å². The van der Waals surface area contributed by atoms with Gasteiger partial charge in [-0.1, -0.05) is 26.7 Å². The molecular formula is C12H24O5. The number of rotatable bonds is 8. The highest BCUT2D eigenvalue weighted by Gasteiger charge is 2.00. The van der Waals surface area contributed by atoms with Crippen LogP contribution in [0.25, 0.3) is 0 Å². The molecular weight excluding hydrogens is 224 g/mol. The summed E-state index contributed by atoms with van der Waals surface area (Å²) < 4.78 is 0. The molecule has 0 saturated carbocycles. The van der Waals surface area contributed by atoms with Crippen molar-refractivity contribution in [3.05, 3.63) is 0 Å². The molecule has 0 rings (SSSR count). The Bertz CT molecular complexity index is 203. The lowest BCUT2D eigenvalue weighted by molar-refractivity contribution is -0.137. The van der Waals surface area contributed by atoms with E-state index in [1.54, 1.807) is 6.92 Å². The minimum absolute atomic E-state index is 0.222.